The minimum Gasteiger partial charge on any atom is -0.507 e. The van der Waals surface area contributed by atoms with Crippen LogP contribution in [0.1, 0.15) is 11.1 Å². The van der Waals surface area contributed by atoms with Gasteiger partial charge in [-0.25, -0.2) is 0 Å². The standard InChI is InChI=1S/C15H14BNO3/c16-12-2-4-14(18)11(5-12)7-17-13-3-1-10-8-19-9-20-15(10)6-13/h1-7,18H,8-9,16H2/b17-7+. The van der Waals surface area contributed by atoms with Gasteiger partial charge in [-0.05, 0) is 12.1 Å². The first-order valence-corrected chi connectivity index (χ1v) is 6.39. The van der Waals surface area contributed by atoms with E-state index in [0.717, 1.165) is 22.5 Å². The molecule has 0 saturated heterocycles. The zero-order valence-corrected chi connectivity index (χ0v) is 11.2. The molecule has 0 radical (unpaired) electrons. The maximum absolute atomic E-state index is 9.77. The lowest BCUT2D eigenvalue weighted by molar-refractivity contribution is -0.0163. The summed E-state index contributed by atoms with van der Waals surface area (Å²) in [5.41, 5.74) is 3.59. The predicted molar refractivity (Wildman–Crippen MR) is 80.3 cm³/mol. The molecule has 0 saturated carbocycles. The molecular weight excluding hydrogens is 253 g/mol. The number of phenolic OH excluding ortho intramolecular Hbond substituents is 1. The van der Waals surface area contributed by atoms with Crippen LogP contribution in [-0.2, 0) is 11.3 Å². The van der Waals surface area contributed by atoms with Crippen LogP contribution in [0.4, 0.5) is 5.69 Å². The van der Waals surface area contributed by atoms with Crippen molar-refractivity contribution >= 4 is 25.2 Å². The molecule has 0 amide bonds. The van der Waals surface area contributed by atoms with Crippen molar-refractivity contribution in [2.75, 3.05) is 6.79 Å². The number of hydrogen-bond acceptors (Lipinski definition) is 4. The second-order valence-corrected chi connectivity index (χ2v) is 4.72. The van der Waals surface area contributed by atoms with E-state index in [1.807, 2.05) is 38.2 Å². The largest absolute Gasteiger partial charge is 0.507 e. The molecule has 5 heteroatoms. The van der Waals surface area contributed by atoms with Gasteiger partial charge in [0.05, 0.1) is 12.3 Å². The van der Waals surface area contributed by atoms with Crippen molar-refractivity contribution in [2.24, 2.45) is 4.99 Å². The van der Waals surface area contributed by atoms with Gasteiger partial charge >= 0.3 is 0 Å². The third kappa shape index (κ3) is 2.68. The molecule has 2 aromatic carbocycles. The molecule has 0 aliphatic carbocycles. The molecule has 1 N–H and O–H groups in total. The molecule has 1 aliphatic heterocycles. The Morgan fingerprint density at radius 3 is 3.00 bits per heavy atom. The Bertz CT molecular complexity index is 670. The van der Waals surface area contributed by atoms with Crippen molar-refractivity contribution in [3.63, 3.8) is 0 Å². The van der Waals surface area contributed by atoms with Gasteiger partial charge in [-0.2, -0.15) is 0 Å². The van der Waals surface area contributed by atoms with E-state index >= 15 is 0 Å². The molecule has 0 aromatic heterocycles. The zero-order valence-electron chi connectivity index (χ0n) is 11.2. The van der Waals surface area contributed by atoms with E-state index in [-0.39, 0.29) is 12.5 Å². The summed E-state index contributed by atoms with van der Waals surface area (Å²) in [7, 11) is 1.98. The Balaban J connectivity index is 1.87. The second-order valence-electron chi connectivity index (χ2n) is 4.72. The summed E-state index contributed by atoms with van der Waals surface area (Å²) in [6.07, 6.45) is 1.66. The fraction of sp³-hybridized carbons (Fsp3) is 0.133. The van der Waals surface area contributed by atoms with Crippen molar-refractivity contribution in [1.82, 2.24) is 0 Å². The molecule has 4 nitrogen and oxygen atoms in total. The molecule has 2 aromatic rings. The van der Waals surface area contributed by atoms with Crippen LogP contribution in [0.2, 0.25) is 0 Å². The quantitative estimate of drug-likeness (QED) is 0.658. The average molecular weight is 267 g/mol. The van der Waals surface area contributed by atoms with Gasteiger partial charge < -0.3 is 14.6 Å². The lowest BCUT2D eigenvalue weighted by atomic mass is 9.94. The number of aromatic hydroxyl groups is 1. The summed E-state index contributed by atoms with van der Waals surface area (Å²) in [4.78, 5) is 4.38. The molecule has 0 spiro atoms. The van der Waals surface area contributed by atoms with Crippen molar-refractivity contribution in [3.05, 3.63) is 47.5 Å². The number of nitrogens with zero attached hydrogens (tertiary/aromatic N) is 1. The molecule has 100 valence electrons. The molecule has 0 atom stereocenters. The first-order valence-electron chi connectivity index (χ1n) is 6.39. The summed E-state index contributed by atoms with van der Waals surface area (Å²) in [6, 6.07) is 11.1. The highest BCUT2D eigenvalue weighted by molar-refractivity contribution is 6.32. The molecule has 0 bridgehead atoms. The van der Waals surface area contributed by atoms with Crippen LogP contribution in [0.5, 0.6) is 11.5 Å². The topological polar surface area (TPSA) is 51.1 Å². The first kappa shape index (κ1) is 12.8. The van der Waals surface area contributed by atoms with Crippen LogP contribution in [0, 0.1) is 0 Å². The number of benzene rings is 2. The van der Waals surface area contributed by atoms with Crippen molar-refractivity contribution in [3.8, 4) is 11.5 Å². The fourth-order valence-corrected chi connectivity index (χ4v) is 2.06. The molecule has 1 heterocycles. The van der Waals surface area contributed by atoms with E-state index < -0.39 is 0 Å². The molecule has 0 unspecified atom stereocenters. The predicted octanol–water partition coefficient (Wildman–Crippen LogP) is 1.27. The maximum atomic E-state index is 9.77. The van der Waals surface area contributed by atoms with Crippen LogP contribution >= 0.6 is 0 Å². The summed E-state index contributed by atoms with van der Waals surface area (Å²) < 4.78 is 10.6. The van der Waals surface area contributed by atoms with E-state index in [4.69, 9.17) is 9.47 Å². The van der Waals surface area contributed by atoms with Gasteiger partial charge in [0, 0.05) is 23.4 Å². The molecule has 1 aliphatic rings. The summed E-state index contributed by atoms with van der Waals surface area (Å²) >= 11 is 0. The van der Waals surface area contributed by atoms with Crippen LogP contribution in [0.15, 0.2) is 41.4 Å². The van der Waals surface area contributed by atoms with E-state index in [1.54, 1.807) is 12.3 Å². The minimum absolute atomic E-state index is 0.224. The Hall–Kier alpha value is -2.27. The van der Waals surface area contributed by atoms with E-state index in [2.05, 4.69) is 4.99 Å². The monoisotopic (exact) mass is 267 g/mol. The number of ether oxygens (including phenoxy) is 2. The average Bonchev–Trinajstić information content (AvgIpc) is 2.48. The Morgan fingerprint density at radius 1 is 1.20 bits per heavy atom. The van der Waals surface area contributed by atoms with Gasteiger partial charge in [0.25, 0.3) is 0 Å². The first-order chi connectivity index (χ1) is 9.72. The molecular formula is C15H14BNO3. The Morgan fingerprint density at radius 2 is 2.10 bits per heavy atom. The number of phenols is 1. The highest BCUT2D eigenvalue weighted by Crippen LogP contribution is 2.28. The van der Waals surface area contributed by atoms with Crippen LogP contribution < -0.4 is 10.2 Å². The van der Waals surface area contributed by atoms with E-state index in [0.29, 0.717) is 12.2 Å². The van der Waals surface area contributed by atoms with E-state index in [1.165, 1.54) is 0 Å². The molecule has 3 rings (SSSR count). The second kappa shape index (κ2) is 5.39. The Kier molecular flexibility index (Phi) is 3.43. The number of fused-ring (bicyclic) bond motifs is 1. The lowest BCUT2D eigenvalue weighted by Crippen LogP contribution is -2.10. The SMILES string of the molecule is Bc1ccc(O)c(/C=N/c2ccc3c(c2)OCOC3)c1. The third-order valence-corrected chi connectivity index (χ3v) is 3.14. The van der Waals surface area contributed by atoms with Gasteiger partial charge in [0.15, 0.2) is 6.79 Å². The smallest absolute Gasteiger partial charge is 0.189 e. The van der Waals surface area contributed by atoms with Gasteiger partial charge in [-0.15, -0.1) is 0 Å². The fourth-order valence-electron chi connectivity index (χ4n) is 2.06. The lowest BCUT2D eigenvalue weighted by Gasteiger charge is -2.17. The van der Waals surface area contributed by atoms with Crippen LogP contribution in [0.25, 0.3) is 0 Å². The number of hydrogen-bond donors (Lipinski definition) is 1. The normalized spacial score (nSPS) is 14.0. The highest BCUT2D eigenvalue weighted by atomic mass is 16.7. The maximum Gasteiger partial charge on any atom is 0.189 e. The Labute approximate surface area is 118 Å². The van der Waals surface area contributed by atoms with E-state index in [9.17, 15) is 5.11 Å². The van der Waals surface area contributed by atoms with Gasteiger partial charge in [-0.3, -0.25) is 4.99 Å². The van der Waals surface area contributed by atoms with Crippen LogP contribution in [0.3, 0.4) is 0 Å². The zero-order chi connectivity index (χ0) is 13.9. The summed E-state index contributed by atoms with van der Waals surface area (Å²) in [5.74, 6) is 1.03. The third-order valence-electron chi connectivity index (χ3n) is 3.14. The summed E-state index contributed by atoms with van der Waals surface area (Å²) in [5, 5.41) is 9.77. The van der Waals surface area contributed by atoms with Crippen molar-refractivity contribution < 1.29 is 14.6 Å². The summed E-state index contributed by atoms with van der Waals surface area (Å²) in [6.45, 7) is 0.844. The number of rotatable bonds is 2. The van der Waals surface area contributed by atoms with Gasteiger partial charge in [0.1, 0.15) is 19.3 Å². The van der Waals surface area contributed by atoms with Crippen molar-refractivity contribution in [2.45, 2.75) is 6.61 Å². The highest BCUT2D eigenvalue weighted by Gasteiger charge is 2.10. The minimum atomic E-state index is 0.224. The van der Waals surface area contributed by atoms with Gasteiger partial charge in [0.2, 0.25) is 0 Å². The van der Waals surface area contributed by atoms with Crippen LogP contribution in [-0.4, -0.2) is 26.0 Å². The van der Waals surface area contributed by atoms with Gasteiger partial charge in [-0.1, -0.05) is 23.7 Å². The van der Waals surface area contributed by atoms with Crippen molar-refractivity contribution in [1.29, 1.82) is 0 Å². The molecule has 20 heavy (non-hydrogen) atoms. The number of aliphatic imine (C=N–C) groups is 1. The molecule has 0 fully saturated rings.